The van der Waals surface area contributed by atoms with Gasteiger partial charge in [0.25, 0.3) is 0 Å². The highest BCUT2D eigenvalue weighted by Crippen LogP contribution is 2.60. The Labute approximate surface area is 221 Å². The van der Waals surface area contributed by atoms with Crippen LogP contribution in [-0.2, 0) is 32.4 Å². The van der Waals surface area contributed by atoms with E-state index in [-0.39, 0.29) is 13.2 Å². The first-order valence-corrected chi connectivity index (χ1v) is 18.0. The van der Waals surface area contributed by atoms with E-state index in [1.165, 1.54) is 56.3 Å². The van der Waals surface area contributed by atoms with Gasteiger partial charge in [-0.2, -0.15) is 8.42 Å². The maximum absolute atomic E-state index is 12.1. The van der Waals surface area contributed by atoms with Gasteiger partial charge in [-0.05, 0) is 51.7 Å². The predicted octanol–water partition coefficient (Wildman–Crippen LogP) is 7.45. The summed E-state index contributed by atoms with van der Waals surface area (Å²) in [7, 11) is -3.74. The van der Waals surface area contributed by atoms with Crippen molar-refractivity contribution in [3.63, 3.8) is 0 Å². The third kappa shape index (κ3) is 25.7. The molecule has 0 saturated heterocycles. The van der Waals surface area contributed by atoms with Gasteiger partial charge in [0.1, 0.15) is 0 Å². The predicted molar refractivity (Wildman–Crippen MR) is 149 cm³/mol. The third-order valence-electron chi connectivity index (χ3n) is 5.11. The zero-order valence-corrected chi connectivity index (χ0v) is 25.8. The van der Waals surface area contributed by atoms with Crippen LogP contribution in [0.3, 0.4) is 0 Å². The summed E-state index contributed by atoms with van der Waals surface area (Å²) in [6.45, 7) is 13.0. The van der Waals surface area contributed by atoms with Crippen molar-refractivity contribution in [1.29, 1.82) is 0 Å². The van der Waals surface area contributed by atoms with Crippen molar-refractivity contribution in [2.24, 2.45) is 0 Å². The van der Waals surface area contributed by atoms with Crippen LogP contribution in [-0.4, -0.2) is 65.1 Å². The number of hydrogen-bond acceptors (Lipinski definition) is 9. The molecule has 0 bridgehead atoms. The van der Waals surface area contributed by atoms with Crippen molar-refractivity contribution in [2.45, 2.75) is 106 Å². The average Bonchev–Trinajstić information content (AvgIpc) is 2.81. The summed E-state index contributed by atoms with van der Waals surface area (Å²) in [5.41, 5.74) is 0. The Morgan fingerprint density at radius 1 is 0.686 bits per heavy atom. The highest BCUT2D eigenvalue weighted by molar-refractivity contribution is 8.55. The fraction of sp³-hybridized carbons (Fsp3) is 1.00. The molecular weight excluding hydrogens is 509 g/mol. The molecule has 0 aromatic rings. The summed E-state index contributed by atoms with van der Waals surface area (Å²) < 4.78 is 53.7. The second-order valence-electron chi connectivity index (χ2n) is 7.96. The van der Waals surface area contributed by atoms with Gasteiger partial charge in [-0.15, -0.1) is 0 Å². The molecule has 35 heavy (non-hydrogen) atoms. The SMILES string of the molecule is CCCCCCCCCCCCOS(=O)(=O)OCC.CCOP(=O)(OCC)SCCN(CC)CC. The van der Waals surface area contributed by atoms with E-state index in [9.17, 15) is 13.0 Å². The Balaban J connectivity index is 0. The zero-order chi connectivity index (χ0) is 26.8. The first-order chi connectivity index (χ1) is 16.7. The fourth-order valence-corrected chi connectivity index (χ4v) is 7.27. The van der Waals surface area contributed by atoms with Gasteiger partial charge in [0.2, 0.25) is 0 Å². The van der Waals surface area contributed by atoms with Gasteiger partial charge in [-0.1, -0.05) is 78.6 Å². The largest absolute Gasteiger partial charge is 0.399 e. The molecule has 214 valence electrons. The summed E-state index contributed by atoms with van der Waals surface area (Å²) in [6, 6.07) is 0. The van der Waals surface area contributed by atoms with Gasteiger partial charge in [-0.25, -0.2) is 12.9 Å². The Kier molecular flexibility index (Phi) is 27.8. The molecule has 0 aromatic heterocycles. The van der Waals surface area contributed by atoms with Gasteiger partial charge in [-0.3, -0.25) is 0 Å². The van der Waals surface area contributed by atoms with E-state index in [4.69, 9.17) is 13.2 Å². The summed E-state index contributed by atoms with van der Waals surface area (Å²) in [5, 5.41) is 0. The zero-order valence-electron chi connectivity index (χ0n) is 23.3. The minimum Gasteiger partial charge on any atom is -0.303 e. The molecule has 0 rings (SSSR count). The van der Waals surface area contributed by atoms with E-state index < -0.39 is 17.2 Å². The van der Waals surface area contributed by atoms with Crippen LogP contribution in [0.1, 0.15) is 106 Å². The lowest BCUT2D eigenvalue weighted by molar-refractivity contribution is 0.218. The van der Waals surface area contributed by atoms with Crippen molar-refractivity contribution in [2.75, 3.05) is 51.8 Å². The first kappa shape index (κ1) is 37.5. The molecule has 0 aliphatic heterocycles. The van der Waals surface area contributed by atoms with Crippen molar-refractivity contribution < 1.29 is 30.4 Å². The fourth-order valence-electron chi connectivity index (χ4n) is 3.18. The van der Waals surface area contributed by atoms with Crippen molar-refractivity contribution >= 4 is 28.6 Å². The molecule has 0 heterocycles. The van der Waals surface area contributed by atoms with Gasteiger partial charge in [0, 0.05) is 12.3 Å². The summed E-state index contributed by atoms with van der Waals surface area (Å²) >= 11 is 1.30. The monoisotopic (exact) mass is 563 g/mol. The summed E-state index contributed by atoms with van der Waals surface area (Å²) in [5.74, 6) is 0.777. The van der Waals surface area contributed by atoms with Crippen molar-refractivity contribution in [3.05, 3.63) is 0 Å². The molecule has 0 amide bonds. The van der Waals surface area contributed by atoms with E-state index in [2.05, 4.69) is 29.9 Å². The summed E-state index contributed by atoms with van der Waals surface area (Å²) in [4.78, 5) is 2.29. The van der Waals surface area contributed by atoms with Crippen LogP contribution < -0.4 is 0 Å². The Bertz CT molecular complexity index is 580. The molecule has 0 saturated carbocycles. The number of rotatable bonds is 24. The lowest BCUT2D eigenvalue weighted by atomic mass is 10.1. The highest BCUT2D eigenvalue weighted by atomic mass is 32.7. The van der Waals surface area contributed by atoms with E-state index in [0.717, 1.165) is 44.6 Å². The van der Waals surface area contributed by atoms with Crippen LogP contribution in [0.25, 0.3) is 0 Å². The molecule has 0 aromatic carbocycles. The standard InChI is InChI=1S/C14H30O4S.C10H24NO3PS/c1-3-5-6-7-8-9-10-11-12-13-14-18-19(15,16)17-4-2;1-5-11(6-2)9-10-16-15(12,13-7-3)14-8-4/h3-14H2,1-2H3;5-10H2,1-4H3. The molecule has 0 fully saturated rings. The van der Waals surface area contributed by atoms with Crippen LogP contribution in [0.15, 0.2) is 0 Å². The minimum atomic E-state index is -3.74. The first-order valence-electron chi connectivity index (χ1n) is 13.5. The maximum atomic E-state index is 12.1. The van der Waals surface area contributed by atoms with Crippen molar-refractivity contribution in [1.82, 2.24) is 4.90 Å². The van der Waals surface area contributed by atoms with Gasteiger partial charge in [0.15, 0.2) is 0 Å². The molecule has 0 aliphatic rings. The van der Waals surface area contributed by atoms with Crippen LogP contribution >= 0.6 is 18.2 Å². The highest BCUT2D eigenvalue weighted by Gasteiger charge is 2.24. The quantitative estimate of drug-likeness (QED) is 0.0877. The lowest BCUT2D eigenvalue weighted by Crippen LogP contribution is -2.25. The topological polar surface area (TPSA) is 91.4 Å². The Morgan fingerprint density at radius 2 is 1.17 bits per heavy atom. The molecule has 0 radical (unpaired) electrons. The van der Waals surface area contributed by atoms with Crippen LogP contribution in [0.2, 0.25) is 0 Å². The smallest absolute Gasteiger partial charge is 0.303 e. The molecule has 0 N–H and O–H groups in total. The second kappa shape index (κ2) is 26.0. The lowest BCUT2D eigenvalue weighted by Gasteiger charge is -2.20. The normalized spacial score (nSPS) is 12.1. The van der Waals surface area contributed by atoms with Crippen LogP contribution in [0.5, 0.6) is 0 Å². The number of unbranched alkanes of at least 4 members (excludes halogenated alkanes) is 9. The van der Waals surface area contributed by atoms with Crippen LogP contribution in [0.4, 0.5) is 0 Å². The molecule has 11 heteroatoms. The molecular formula is C24H54NO7PS2. The molecule has 0 spiro atoms. The third-order valence-corrected chi connectivity index (χ3v) is 10.1. The maximum Gasteiger partial charge on any atom is 0.399 e. The van der Waals surface area contributed by atoms with Gasteiger partial charge >= 0.3 is 17.2 Å². The Morgan fingerprint density at radius 3 is 1.60 bits per heavy atom. The van der Waals surface area contributed by atoms with E-state index in [0.29, 0.717) is 13.2 Å². The molecule has 0 unspecified atom stereocenters. The minimum absolute atomic E-state index is 0.125. The van der Waals surface area contributed by atoms with Gasteiger partial charge < -0.3 is 13.9 Å². The molecule has 8 nitrogen and oxygen atoms in total. The van der Waals surface area contributed by atoms with Crippen LogP contribution in [0, 0.1) is 0 Å². The molecule has 0 atom stereocenters. The van der Waals surface area contributed by atoms with E-state index in [1.807, 2.05) is 13.8 Å². The average molecular weight is 564 g/mol. The van der Waals surface area contributed by atoms with Crippen molar-refractivity contribution in [3.8, 4) is 0 Å². The van der Waals surface area contributed by atoms with E-state index >= 15 is 0 Å². The Hall–Kier alpha value is 0.330. The number of nitrogens with zero attached hydrogens (tertiary/aromatic N) is 1. The van der Waals surface area contributed by atoms with E-state index in [1.54, 1.807) is 6.92 Å². The van der Waals surface area contributed by atoms with Gasteiger partial charge in [0.05, 0.1) is 26.4 Å². The summed E-state index contributed by atoms with van der Waals surface area (Å²) in [6.07, 6.45) is 12.2. The number of hydrogen-bond donors (Lipinski definition) is 0. The molecule has 0 aliphatic carbocycles. The second-order valence-corrected chi connectivity index (χ2v) is 13.4.